The van der Waals surface area contributed by atoms with Gasteiger partial charge in [0.15, 0.2) is 9.84 Å². The topological polar surface area (TPSA) is 76.6 Å². The first-order valence-electron chi connectivity index (χ1n) is 6.94. The fourth-order valence-corrected chi connectivity index (χ4v) is 3.52. The van der Waals surface area contributed by atoms with Crippen LogP contribution in [0.4, 0.5) is 5.82 Å². The Kier molecular flexibility index (Phi) is 4.51. The minimum atomic E-state index is -3.04. The van der Waals surface area contributed by atoms with Gasteiger partial charge in [-0.05, 0) is 32.9 Å². The van der Waals surface area contributed by atoms with E-state index < -0.39 is 21.1 Å². The van der Waals surface area contributed by atoms with Gasteiger partial charge in [0.05, 0.1) is 17.1 Å². The highest BCUT2D eigenvalue weighted by molar-refractivity contribution is 7.92. The lowest BCUT2D eigenvalue weighted by molar-refractivity contribution is 0.0378. The van der Waals surface area contributed by atoms with Crippen LogP contribution < -0.4 is 4.90 Å². The van der Waals surface area contributed by atoms with Crippen molar-refractivity contribution in [2.45, 2.75) is 32.1 Å². The van der Waals surface area contributed by atoms with Crippen LogP contribution in [0.3, 0.4) is 0 Å². The molecule has 6 nitrogen and oxygen atoms in total. The largest absolute Gasteiger partial charge is 0.459 e. The van der Waals surface area contributed by atoms with Crippen LogP contribution in [0, 0.1) is 0 Å². The zero-order chi connectivity index (χ0) is 15.6. The van der Waals surface area contributed by atoms with E-state index in [1.165, 1.54) is 0 Å². The molecule has 0 N–H and O–H groups in total. The number of sulfone groups is 1. The van der Waals surface area contributed by atoms with Crippen LogP contribution >= 0.6 is 0 Å². The molecule has 0 aromatic carbocycles. The van der Waals surface area contributed by atoms with Gasteiger partial charge in [0.2, 0.25) is 0 Å². The molecule has 1 aliphatic heterocycles. The predicted molar refractivity (Wildman–Crippen MR) is 80.3 cm³/mol. The summed E-state index contributed by atoms with van der Waals surface area (Å²) in [4.78, 5) is 18.2. The molecule has 1 atom stereocenters. The Balaban J connectivity index is 2.27. The van der Waals surface area contributed by atoms with Crippen molar-refractivity contribution in [3.8, 4) is 0 Å². The lowest BCUT2D eigenvalue weighted by atomic mass is 10.2. The minimum Gasteiger partial charge on any atom is -0.459 e. The molecular formula is C14H20N2O4S. The van der Waals surface area contributed by atoms with E-state index in [1.807, 2.05) is 4.90 Å². The molecule has 1 aromatic heterocycles. The average Bonchev–Trinajstić information content (AvgIpc) is 2.41. The number of pyridine rings is 1. The molecule has 0 saturated carbocycles. The van der Waals surface area contributed by atoms with E-state index in [0.717, 1.165) is 0 Å². The number of aromatic nitrogens is 1. The summed E-state index contributed by atoms with van der Waals surface area (Å²) in [7, 11) is -3.04. The van der Waals surface area contributed by atoms with Gasteiger partial charge in [-0.2, -0.15) is 0 Å². The van der Waals surface area contributed by atoms with Gasteiger partial charge in [0, 0.05) is 19.3 Å². The Bertz CT molecular complexity index is 628. The smallest absolute Gasteiger partial charge is 0.342 e. The molecule has 1 aliphatic rings. The summed E-state index contributed by atoms with van der Waals surface area (Å²) in [5, 5.41) is -0.470. The highest BCUT2D eigenvalue weighted by atomic mass is 32.2. The van der Waals surface area contributed by atoms with Gasteiger partial charge in [0.1, 0.15) is 11.4 Å². The molecule has 1 unspecified atom stereocenters. The quantitative estimate of drug-likeness (QED) is 0.782. The summed E-state index contributed by atoms with van der Waals surface area (Å²) in [5.74, 6) is 0.128. The Morgan fingerprint density at radius 3 is 2.81 bits per heavy atom. The molecule has 0 bridgehead atoms. The summed E-state index contributed by atoms with van der Waals surface area (Å²) in [6.07, 6.45) is 1.38. The number of hydrogen-bond donors (Lipinski definition) is 0. The Morgan fingerprint density at radius 2 is 2.19 bits per heavy atom. The molecule has 0 spiro atoms. The Labute approximate surface area is 125 Å². The van der Waals surface area contributed by atoms with Crippen molar-refractivity contribution < 1.29 is 17.9 Å². The summed E-state index contributed by atoms with van der Waals surface area (Å²) < 4.78 is 28.8. The molecule has 7 heteroatoms. The van der Waals surface area contributed by atoms with Gasteiger partial charge in [-0.3, -0.25) is 0 Å². The molecule has 1 fully saturated rings. The molecule has 2 heterocycles. The highest BCUT2D eigenvalue weighted by Gasteiger charge is 2.31. The molecule has 116 valence electrons. The number of anilines is 1. The van der Waals surface area contributed by atoms with Crippen LogP contribution in [0.5, 0.6) is 0 Å². The number of carbonyl (C=O) groups excluding carboxylic acids is 1. The third-order valence-corrected chi connectivity index (χ3v) is 5.51. The van der Waals surface area contributed by atoms with E-state index in [1.54, 1.807) is 39.1 Å². The van der Waals surface area contributed by atoms with Gasteiger partial charge in [-0.25, -0.2) is 18.2 Å². The predicted octanol–water partition coefficient (Wildman–Crippen LogP) is 1.27. The monoisotopic (exact) mass is 312 g/mol. The van der Waals surface area contributed by atoms with Crippen LogP contribution in [0.25, 0.3) is 0 Å². The third kappa shape index (κ3) is 3.53. The van der Waals surface area contributed by atoms with Crippen LogP contribution in [-0.2, 0) is 14.6 Å². The number of carbonyl (C=O) groups is 1. The summed E-state index contributed by atoms with van der Waals surface area (Å²) in [5.41, 5.74) is 0.373. The molecule has 1 aromatic rings. The van der Waals surface area contributed by atoms with Crippen molar-refractivity contribution in [2.75, 3.05) is 23.7 Å². The van der Waals surface area contributed by atoms with Crippen LogP contribution in [0.15, 0.2) is 18.3 Å². The first-order valence-corrected chi connectivity index (χ1v) is 8.65. The van der Waals surface area contributed by atoms with Gasteiger partial charge < -0.3 is 9.64 Å². The number of ether oxygens (including phenoxy) is 1. The van der Waals surface area contributed by atoms with E-state index in [9.17, 15) is 13.2 Å². The van der Waals surface area contributed by atoms with E-state index in [0.29, 0.717) is 24.5 Å². The van der Waals surface area contributed by atoms with Gasteiger partial charge in [0.25, 0.3) is 0 Å². The molecule has 1 saturated heterocycles. The molecule has 0 amide bonds. The SMILES string of the molecule is CC(C)OC(=O)c1cccnc1N1CCS(=O)(=O)C(C)C1. The summed E-state index contributed by atoms with van der Waals surface area (Å²) >= 11 is 0. The first kappa shape index (κ1) is 15.8. The van der Waals surface area contributed by atoms with Crippen LogP contribution in [0.2, 0.25) is 0 Å². The normalized spacial score (nSPS) is 21.3. The van der Waals surface area contributed by atoms with E-state index in [-0.39, 0.29) is 11.9 Å². The fourth-order valence-electron chi connectivity index (χ4n) is 2.23. The van der Waals surface area contributed by atoms with Crippen molar-refractivity contribution in [3.63, 3.8) is 0 Å². The van der Waals surface area contributed by atoms with Crippen molar-refractivity contribution in [2.24, 2.45) is 0 Å². The van der Waals surface area contributed by atoms with Crippen LogP contribution in [0.1, 0.15) is 31.1 Å². The average molecular weight is 312 g/mol. The standard InChI is InChI=1S/C14H20N2O4S/c1-10(2)20-14(17)12-5-4-6-15-13(12)16-7-8-21(18,19)11(3)9-16/h4-6,10-11H,7-9H2,1-3H3. The maximum atomic E-state index is 12.1. The van der Waals surface area contributed by atoms with Crippen molar-refractivity contribution >= 4 is 21.6 Å². The van der Waals surface area contributed by atoms with Crippen molar-refractivity contribution in [1.82, 2.24) is 4.98 Å². The highest BCUT2D eigenvalue weighted by Crippen LogP contribution is 2.23. The van der Waals surface area contributed by atoms with Crippen molar-refractivity contribution in [3.05, 3.63) is 23.9 Å². The molecular weight excluding hydrogens is 292 g/mol. The lowest BCUT2D eigenvalue weighted by Gasteiger charge is -2.32. The van der Waals surface area contributed by atoms with E-state index in [4.69, 9.17) is 4.74 Å². The Hall–Kier alpha value is -1.63. The third-order valence-electron chi connectivity index (χ3n) is 3.39. The first-order chi connectivity index (χ1) is 9.81. The van der Waals surface area contributed by atoms with E-state index in [2.05, 4.69) is 4.98 Å². The van der Waals surface area contributed by atoms with Gasteiger partial charge in [-0.15, -0.1) is 0 Å². The minimum absolute atomic E-state index is 0.0728. The second-order valence-corrected chi connectivity index (χ2v) is 7.99. The summed E-state index contributed by atoms with van der Waals surface area (Å²) in [6, 6.07) is 3.32. The zero-order valence-corrected chi connectivity index (χ0v) is 13.3. The Morgan fingerprint density at radius 1 is 1.48 bits per heavy atom. The number of rotatable bonds is 3. The van der Waals surface area contributed by atoms with Crippen molar-refractivity contribution in [1.29, 1.82) is 0 Å². The number of esters is 1. The fraction of sp³-hybridized carbons (Fsp3) is 0.571. The van der Waals surface area contributed by atoms with Crippen LogP contribution in [-0.4, -0.2) is 49.6 Å². The molecule has 21 heavy (non-hydrogen) atoms. The number of hydrogen-bond acceptors (Lipinski definition) is 6. The summed E-state index contributed by atoms with van der Waals surface area (Å²) in [6.45, 7) is 5.91. The lowest BCUT2D eigenvalue weighted by Crippen LogP contribution is -2.46. The van der Waals surface area contributed by atoms with E-state index >= 15 is 0 Å². The maximum Gasteiger partial charge on any atom is 0.342 e. The van der Waals surface area contributed by atoms with Gasteiger partial charge in [-0.1, -0.05) is 0 Å². The maximum absolute atomic E-state index is 12.1. The second-order valence-electron chi connectivity index (χ2n) is 5.45. The molecule has 0 radical (unpaired) electrons. The van der Waals surface area contributed by atoms with Gasteiger partial charge >= 0.3 is 5.97 Å². The second kappa shape index (κ2) is 6.01. The molecule has 2 rings (SSSR count). The zero-order valence-electron chi connectivity index (χ0n) is 12.4. The molecule has 0 aliphatic carbocycles. The number of nitrogens with zero attached hydrogens (tertiary/aromatic N) is 2.